The fraction of sp³-hybridized carbons (Fsp3) is 0.667. The summed E-state index contributed by atoms with van der Waals surface area (Å²) in [6.07, 6.45) is 4.73. The zero-order valence-electron chi connectivity index (χ0n) is 44.9. The average molecular weight is 1120 g/mol. The minimum absolute atomic E-state index is 0.0263. The van der Waals surface area contributed by atoms with Crippen molar-refractivity contribution in [1.82, 2.24) is 57.4 Å². The van der Waals surface area contributed by atoms with Crippen LogP contribution in [0.2, 0.25) is 0 Å². The molecule has 0 aromatic carbocycles. The van der Waals surface area contributed by atoms with Crippen molar-refractivity contribution in [3.8, 4) is 0 Å². The lowest BCUT2D eigenvalue weighted by Gasteiger charge is -2.28. The molecule has 444 valence electrons. The van der Waals surface area contributed by atoms with E-state index in [2.05, 4.69) is 57.5 Å². The molecule has 1 saturated heterocycles. The van der Waals surface area contributed by atoms with E-state index in [4.69, 9.17) is 45.5 Å². The number of aromatic nitrogens is 2. The van der Waals surface area contributed by atoms with Gasteiger partial charge < -0.3 is 103 Å². The van der Waals surface area contributed by atoms with E-state index in [9.17, 15) is 53.4 Å². The van der Waals surface area contributed by atoms with E-state index < -0.39 is 115 Å². The minimum Gasteiger partial charge on any atom is -0.391 e. The van der Waals surface area contributed by atoms with Crippen LogP contribution in [0, 0.1) is 5.41 Å². The Morgan fingerprint density at radius 2 is 1.42 bits per heavy atom. The Labute approximate surface area is 459 Å². The topological polar surface area (TPSA) is 541 Å². The number of H-pyrrole nitrogens is 1. The van der Waals surface area contributed by atoms with Gasteiger partial charge in [-0.05, 0) is 110 Å². The molecule has 2 heterocycles. The Bertz CT molecular complexity index is 2180. The molecule has 1 aliphatic rings. The van der Waals surface area contributed by atoms with Crippen molar-refractivity contribution in [2.24, 2.45) is 45.1 Å². The number of hydrogen-bond donors (Lipinski definition) is 19. The number of hydrogen-bond acceptors (Lipinski definition) is 19. The van der Waals surface area contributed by atoms with Gasteiger partial charge in [0.15, 0.2) is 5.96 Å². The lowest BCUT2D eigenvalue weighted by atomic mass is 10.1. The predicted octanol–water partition coefficient (Wildman–Crippen LogP) is -7.28. The van der Waals surface area contributed by atoms with Gasteiger partial charge in [-0.1, -0.05) is 6.08 Å². The number of likely N-dealkylation sites (tertiary alicyclic amines) is 1. The van der Waals surface area contributed by atoms with Crippen LogP contribution in [0.1, 0.15) is 95.6 Å². The summed E-state index contributed by atoms with van der Waals surface area (Å²) in [5, 5.41) is 48.3. The number of imidazole rings is 1. The summed E-state index contributed by atoms with van der Waals surface area (Å²) in [7, 11) is 0. The second-order valence-corrected chi connectivity index (χ2v) is 18.7. The van der Waals surface area contributed by atoms with Crippen LogP contribution >= 0.6 is 0 Å². The fourth-order valence-electron chi connectivity index (χ4n) is 7.97. The summed E-state index contributed by atoms with van der Waals surface area (Å²) >= 11 is 0. The Kier molecular flexibility index (Phi) is 33.2. The summed E-state index contributed by atoms with van der Waals surface area (Å²) in [6, 6.07) is -6.53. The molecule has 31 heteroatoms. The molecule has 2 rings (SSSR count). The monoisotopic (exact) mass is 1120 g/mol. The Morgan fingerprint density at radius 3 is 2.03 bits per heavy atom. The molecule has 0 spiro atoms. The van der Waals surface area contributed by atoms with Gasteiger partial charge in [0, 0.05) is 51.0 Å². The summed E-state index contributed by atoms with van der Waals surface area (Å²) in [5.41, 5.74) is 39.0. The Morgan fingerprint density at radius 1 is 0.759 bits per heavy atom. The highest BCUT2D eigenvalue weighted by Crippen LogP contribution is 2.20. The third-order valence-corrected chi connectivity index (χ3v) is 12.3. The van der Waals surface area contributed by atoms with Gasteiger partial charge in [0.25, 0.3) is 17.7 Å². The fourth-order valence-corrected chi connectivity index (χ4v) is 7.97. The van der Waals surface area contributed by atoms with Gasteiger partial charge in [0.2, 0.25) is 35.4 Å². The summed E-state index contributed by atoms with van der Waals surface area (Å²) in [5.74, 6) is -7.67. The van der Waals surface area contributed by atoms with Crippen molar-refractivity contribution in [3.05, 3.63) is 30.0 Å². The summed E-state index contributed by atoms with van der Waals surface area (Å²) in [6.45, 7) is 0.0827. The molecule has 79 heavy (non-hydrogen) atoms. The van der Waals surface area contributed by atoms with Crippen molar-refractivity contribution in [2.75, 3.05) is 65.4 Å². The number of nitrogens with one attached hydrogen (secondary N) is 10. The van der Waals surface area contributed by atoms with E-state index in [-0.39, 0.29) is 95.0 Å². The minimum atomic E-state index is -1.63. The van der Waals surface area contributed by atoms with Gasteiger partial charge in [-0.25, -0.2) is 9.98 Å². The number of aliphatic hydroxyl groups excluding tert-OH is 2. The molecule has 1 aromatic rings. The van der Waals surface area contributed by atoms with Crippen LogP contribution < -0.4 is 82.7 Å². The summed E-state index contributed by atoms with van der Waals surface area (Å²) in [4.78, 5) is 135. The van der Waals surface area contributed by atoms with E-state index in [1.54, 1.807) is 0 Å². The van der Waals surface area contributed by atoms with Crippen molar-refractivity contribution >= 4 is 64.8 Å². The first-order chi connectivity index (χ1) is 37.8. The zero-order valence-corrected chi connectivity index (χ0v) is 44.9. The van der Waals surface area contributed by atoms with E-state index in [1.807, 2.05) is 0 Å². The van der Waals surface area contributed by atoms with Crippen LogP contribution in [0.25, 0.3) is 0 Å². The van der Waals surface area contributed by atoms with Crippen molar-refractivity contribution < 1.29 is 53.4 Å². The molecule has 31 nitrogen and oxygen atoms in total. The molecular weight excluding hydrogens is 1030 g/mol. The predicted molar refractivity (Wildman–Crippen MR) is 291 cm³/mol. The van der Waals surface area contributed by atoms with Crippen LogP contribution in [0.3, 0.4) is 0 Å². The molecule has 1 fully saturated rings. The second kappa shape index (κ2) is 38.5. The third-order valence-electron chi connectivity index (χ3n) is 12.3. The number of nitrogens with zero attached hydrogens (tertiary/aromatic N) is 3. The molecule has 0 saturated carbocycles. The largest absolute Gasteiger partial charge is 0.391 e. The molecule has 1 aromatic heterocycles. The van der Waals surface area contributed by atoms with Crippen LogP contribution in [-0.2, 0) is 49.6 Å². The Balaban J connectivity index is 2.42. The van der Waals surface area contributed by atoms with Gasteiger partial charge in [-0.15, -0.1) is 0 Å². The number of aliphatic hydroxyl groups is 2. The number of carbonyl (C=O) groups excluding carboxylic acids is 9. The zero-order chi connectivity index (χ0) is 58.7. The summed E-state index contributed by atoms with van der Waals surface area (Å²) < 4.78 is 0. The molecule has 26 N–H and O–H groups in total. The molecule has 1 aliphatic heterocycles. The molecule has 0 unspecified atom stereocenters. The number of amides is 9. The van der Waals surface area contributed by atoms with Crippen LogP contribution in [0.4, 0.5) is 0 Å². The SMILES string of the molecule is N=C(N)NCC/C=C(/NC(=O)[C@H](CCCCN)NC(=O)[C@H](Cc1cnc[nH]1)NC(=O)[C@@H]1CCCN1C(=O)/C(CCCN)=N/C(=O)CNC(=O)[C@@H](NC(=O)C[C@@H](O)CN)[C@@H](O)CN)C(=O)N[C@@H](CCCCN)C(=O)NCCCCN. The van der Waals surface area contributed by atoms with Crippen LogP contribution in [0.5, 0.6) is 0 Å². The molecule has 0 bridgehead atoms. The van der Waals surface area contributed by atoms with Gasteiger partial charge in [0.05, 0.1) is 31.5 Å². The highest BCUT2D eigenvalue weighted by Gasteiger charge is 2.39. The molecule has 0 aliphatic carbocycles. The van der Waals surface area contributed by atoms with Gasteiger partial charge in [-0.2, -0.15) is 0 Å². The van der Waals surface area contributed by atoms with Gasteiger partial charge in [0.1, 0.15) is 41.6 Å². The van der Waals surface area contributed by atoms with E-state index in [0.29, 0.717) is 70.3 Å². The number of aliphatic imine (C=N–C) groups is 1. The average Bonchev–Trinajstić information content (AvgIpc) is 4.17. The highest BCUT2D eigenvalue weighted by molar-refractivity contribution is 6.40. The third kappa shape index (κ3) is 26.0. The standard InChI is InChI=1S/C48H86N20O11/c49-15-3-1-10-31(41(73)58-19-6-5-17-51)63-43(75)33(13-8-20-59-48(55)56)64-42(74)32(11-2-4-16-50)65-44(76)35(22-29-26-57-28-61-29)66-45(77)36-14-9-21-68(36)47(79)34(12-7-18-52)62-39(72)27-60-46(78)40(37(70)25-54)67-38(71)23-30(69)24-53/h13,26,28,30-32,35-37,40,69-70H,1-12,14-25,27,49-54H2,(H,57,61)(H,58,73)(H,60,78)(H,63,75)(H,64,74)(H,65,76)(H,66,77)(H,67,71)(H4,55,56,59)/b33-13+,62-34+/t30-,31+,32+,35+,36+,37+,40+/m1/s1. The number of aromatic amines is 1. The lowest BCUT2D eigenvalue weighted by Crippen LogP contribution is -2.57. The van der Waals surface area contributed by atoms with Crippen LogP contribution in [-0.4, -0.2) is 198 Å². The number of unbranched alkanes of at least 4 members (excludes halogenated alkanes) is 3. The van der Waals surface area contributed by atoms with Gasteiger partial charge in [-0.3, -0.25) is 48.6 Å². The Hall–Kier alpha value is -7.00. The van der Waals surface area contributed by atoms with Crippen molar-refractivity contribution in [2.45, 2.75) is 139 Å². The molecule has 9 amide bonds. The maximum absolute atomic E-state index is 14.4. The van der Waals surface area contributed by atoms with Crippen molar-refractivity contribution in [3.63, 3.8) is 0 Å². The maximum Gasteiger partial charge on any atom is 0.269 e. The normalized spacial score (nSPS) is 15.8. The van der Waals surface area contributed by atoms with E-state index in [0.717, 1.165) is 0 Å². The van der Waals surface area contributed by atoms with Gasteiger partial charge >= 0.3 is 0 Å². The number of guanidine groups is 1. The highest BCUT2D eigenvalue weighted by atomic mass is 16.3. The maximum atomic E-state index is 14.4. The molecule has 7 atom stereocenters. The first-order valence-corrected chi connectivity index (χ1v) is 26.6. The van der Waals surface area contributed by atoms with Crippen LogP contribution in [0.15, 0.2) is 29.3 Å². The van der Waals surface area contributed by atoms with Crippen molar-refractivity contribution in [1.29, 1.82) is 5.41 Å². The molecule has 0 radical (unpaired) electrons. The number of carbonyl (C=O) groups is 9. The number of rotatable bonds is 39. The lowest BCUT2D eigenvalue weighted by molar-refractivity contribution is -0.136. The van der Waals surface area contributed by atoms with E-state index in [1.165, 1.54) is 23.5 Å². The smallest absolute Gasteiger partial charge is 0.269 e. The first-order valence-electron chi connectivity index (χ1n) is 26.6. The molecular formula is C48H86N20O11. The second-order valence-electron chi connectivity index (χ2n) is 18.7. The first kappa shape index (κ1) is 68.1. The van der Waals surface area contributed by atoms with E-state index >= 15 is 0 Å². The number of nitrogens with two attached hydrogens (primary N) is 7. The quantitative estimate of drug-likeness (QED) is 0.0126.